The van der Waals surface area contributed by atoms with E-state index in [2.05, 4.69) is 30.1 Å². The summed E-state index contributed by atoms with van der Waals surface area (Å²) < 4.78 is 24.1. The van der Waals surface area contributed by atoms with Gasteiger partial charge in [-0.2, -0.15) is 9.37 Å². The quantitative estimate of drug-likeness (QED) is 0.263. The van der Waals surface area contributed by atoms with Crippen LogP contribution in [0, 0.1) is 12.9 Å². The average molecular weight is 400 g/mol. The van der Waals surface area contributed by atoms with Crippen LogP contribution < -0.4 is 4.57 Å². The zero-order valence-electron chi connectivity index (χ0n) is 15.7. The first-order chi connectivity index (χ1) is 14.1. The van der Waals surface area contributed by atoms with E-state index in [4.69, 9.17) is 9.40 Å². The van der Waals surface area contributed by atoms with Gasteiger partial charge in [-0.25, -0.2) is 4.57 Å². The van der Waals surface area contributed by atoms with Crippen molar-refractivity contribution in [1.82, 2.24) is 9.97 Å². The molecule has 4 nitrogen and oxygen atoms in total. The van der Waals surface area contributed by atoms with E-state index in [1.807, 2.05) is 36.1 Å². The summed E-state index contributed by atoms with van der Waals surface area (Å²) in [6.07, 6.45) is 1.84. The van der Waals surface area contributed by atoms with Crippen LogP contribution in [-0.4, -0.2) is 9.97 Å². The predicted octanol–water partition coefficient (Wildman–Crippen LogP) is 5.68. The molecule has 2 aromatic carbocycles. The van der Waals surface area contributed by atoms with Crippen molar-refractivity contribution in [1.29, 1.82) is 0 Å². The summed E-state index contributed by atoms with van der Waals surface area (Å²) in [5.41, 5.74) is 5.13. The number of rotatable bonds is 1. The molecule has 0 spiro atoms. The van der Waals surface area contributed by atoms with Gasteiger partial charge in [-0.1, -0.05) is 24.3 Å². The summed E-state index contributed by atoms with van der Waals surface area (Å²) in [5, 5.41) is 2.89. The van der Waals surface area contributed by atoms with Crippen LogP contribution in [0.25, 0.3) is 53.6 Å². The maximum atomic E-state index is 13.7. The van der Waals surface area contributed by atoms with Gasteiger partial charge in [0.2, 0.25) is 17.2 Å². The zero-order chi connectivity index (χ0) is 19.7. The number of hydrogen-bond acceptors (Lipinski definition) is 4. The molecule has 0 saturated carbocycles. The van der Waals surface area contributed by atoms with Crippen LogP contribution in [0.1, 0.15) is 5.56 Å². The fourth-order valence-electron chi connectivity index (χ4n) is 4.06. The third-order valence-corrected chi connectivity index (χ3v) is 6.58. The maximum absolute atomic E-state index is 13.7. The number of fused-ring (bicyclic) bond motifs is 6. The molecular weight excluding hydrogens is 385 g/mol. The van der Waals surface area contributed by atoms with Crippen molar-refractivity contribution < 1.29 is 13.4 Å². The number of furan rings is 1. The molecule has 4 heterocycles. The number of hydrogen-bond donors (Lipinski definition) is 0. The number of nitrogens with zero attached hydrogens (tertiary/aromatic N) is 3. The zero-order valence-corrected chi connectivity index (χ0v) is 16.5. The van der Waals surface area contributed by atoms with Gasteiger partial charge >= 0.3 is 0 Å². The van der Waals surface area contributed by atoms with Crippen molar-refractivity contribution in [3.8, 4) is 11.3 Å². The Morgan fingerprint density at radius 1 is 1.00 bits per heavy atom. The molecule has 0 aliphatic carbocycles. The molecule has 0 radical (unpaired) electrons. The van der Waals surface area contributed by atoms with Crippen LogP contribution in [0.4, 0.5) is 4.39 Å². The van der Waals surface area contributed by atoms with Crippen LogP contribution >= 0.6 is 11.3 Å². The molecule has 0 saturated heterocycles. The molecule has 4 aromatic heterocycles. The number of pyridine rings is 1. The van der Waals surface area contributed by atoms with Crippen LogP contribution in [0.3, 0.4) is 0 Å². The second-order valence-electron chi connectivity index (χ2n) is 7.20. The number of thiophene rings is 1. The monoisotopic (exact) mass is 400 g/mol. The Kier molecular flexibility index (Phi) is 3.32. The van der Waals surface area contributed by atoms with Gasteiger partial charge in [0.05, 0.1) is 12.6 Å². The fourth-order valence-corrected chi connectivity index (χ4v) is 5.31. The summed E-state index contributed by atoms with van der Waals surface area (Å²) in [6.45, 7) is 2.07. The van der Waals surface area contributed by atoms with Gasteiger partial charge in [-0.15, -0.1) is 11.3 Å². The number of benzene rings is 2. The van der Waals surface area contributed by atoms with E-state index >= 15 is 0 Å². The third-order valence-electron chi connectivity index (χ3n) is 5.42. The summed E-state index contributed by atoms with van der Waals surface area (Å²) in [4.78, 5) is 8.65. The van der Waals surface area contributed by atoms with Gasteiger partial charge in [0, 0.05) is 20.9 Å². The Balaban J connectivity index is 1.80. The first-order valence-electron chi connectivity index (χ1n) is 9.26. The lowest BCUT2D eigenvalue weighted by molar-refractivity contribution is -0.662. The van der Waals surface area contributed by atoms with Crippen molar-refractivity contribution in [2.45, 2.75) is 6.92 Å². The summed E-state index contributed by atoms with van der Waals surface area (Å²) in [7, 11) is 1.99. The van der Waals surface area contributed by atoms with E-state index in [1.165, 1.54) is 10.8 Å². The van der Waals surface area contributed by atoms with Crippen LogP contribution in [-0.2, 0) is 7.05 Å². The number of halogens is 1. The molecule has 0 bridgehead atoms. The highest BCUT2D eigenvalue weighted by atomic mass is 32.1. The molecule has 0 aliphatic rings. The minimum absolute atomic E-state index is 0.316. The van der Waals surface area contributed by atoms with Crippen LogP contribution in [0.2, 0.25) is 0 Å². The molecule has 0 N–H and O–H groups in total. The molecular formula is C23H15FN3OS+. The largest absolute Gasteiger partial charge is 0.437 e. The van der Waals surface area contributed by atoms with Gasteiger partial charge in [-0.3, -0.25) is 0 Å². The molecule has 0 unspecified atom stereocenters. The highest BCUT2D eigenvalue weighted by Crippen LogP contribution is 2.42. The SMILES string of the molecule is Cc1ccc2c(oc3nc(F)ccc32)c1-c1c2sc3ccccc3c2nc[n+]1C. The van der Waals surface area contributed by atoms with E-state index in [1.54, 1.807) is 17.4 Å². The summed E-state index contributed by atoms with van der Waals surface area (Å²) in [6, 6.07) is 15.5. The molecule has 0 amide bonds. The van der Waals surface area contributed by atoms with Gasteiger partial charge in [0.25, 0.3) is 6.33 Å². The normalized spacial score (nSPS) is 12.0. The van der Waals surface area contributed by atoms with Crippen molar-refractivity contribution in [2.24, 2.45) is 7.05 Å². The fraction of sp³-hybridized carbons (Fsp3) is 0.0870. The number of aryl methyl sites for hydroxylation is 2. The summed E-state index contributed by atoms with van der Waals surface area (Å²) in [5.74, 6) is -0.545. The smallest absolute Gasteiger partial charge is 0.287 e. The molecule has 0 aliphatic heterocycles. The van der Waals surface area contributed by atoms with E-state index < -0.39 is 5.95 Å². The molecule has 6 heteroatoms. The highest BCUT2D eigenvalue weighted by Gasteiger charge is 2.25. The van der Waals surface area contributed by atoms with Crippen molar-refractivity contribution >= 4 is 53.7 Å². The Morgan fingerprint density at radius 2 is 1.83 bits per heavy atom. The van der Waals surface area contributed by atoms with E-state index in [0.717, 1.165) is 48.8 Å². The molecule has 140 valence electrons. The molecule has 6 aromatic rings. The predicted molar refractivity (Wildman–Crippen MR) is 114 cm³/mol. The lowest BCUT2D eigenvalue weighted by Gasteiger charge is -2.07. The first-order valence-corrected chi connectivity index (χ1v) is 10.1. The molecule has 29 heavy (non-hydrogen) atoms. The van der Waals surface area contributed by atoms with Crippen molar-refractivity contribution in [2.75, 3.05) is 0 Å². The Labute approximate surface area is 168 Å². The third kappa shape index (κ3) is 2.26. The van der Waals surface area contributed by atoms with Crippen LogP contribution in [0.15, 0.2) is 59.3 Å². The van der Waals surface area contributed by atoms with Gasteiger partial charge in [0.15, 0.2) is 5.69 Å². The highest BCUT2D eigenvalue weighted by molar-refractivity contribution is 7.26. The van der Waals surface area contributed by atoms with Crippen LogP contribution in [0.5, 0.6) is 0 Å². The Hall–Kier alpha value is -3.38. The van der Waals surface area contributed by atoms with E-state index in [9.17, 15) is 4.39 Å². The maximum Gasteiger partial charge on any atom is 0.287 e. The second-order valence-corrected chi connectivity index (χ2v) is 8.26. The lowest BCUT2D eigenvalue weighted by atomic mass is 10.0. The Bertz CT molecular complexity index is 1600. The summed E-state index contributed by atoms with van der Waals surface area (Å²) >= 11 is 1.72. The lowest BCUT2D eigenvalue weighted by Crippen LogP contribution is -2.31. The van der Waals surface area contributed by atoms with Gasteiger partial charge in [0.1, 0.15) is 10.3 Å². The second kappa shape index (κ2) is 5.81. The van der Waals surface area contributed by atoms with Gasteiger partial charge in [-0.05, 0) is 41.7 Å². The molecule has 0 atom stereocenters. The van der Waals surface area contributed by atoms with Crippen molar-refractivity contribution in [3.63, 3.8) is 0 Å². The van der Waals surface area contributed by atoms with E-state index in [0.29, 0.717) is 5.71 Å². The minimum Gasteiger partial charge on any atom is -0.437 e. The standard InChI is InChI=1S/C23H15FN3OS/c1-12-7-8-13-14-9-10-17(24)26-23(14)28-21(13)18(12)20-22-19(25-11-27(20)2)15-5-3-4-6-16(15)29-22/h3-11H,1-2H3/q+1. The Morgan fingerprint density at radius 3 is 2.72 bits per heavy atom. The van der Waals surface area contributed by atoms with Gasteiger partial charge < -0.3 is 4.42 Å². The molecule has 6 rings (SSSR count). The minimum atomic E-state index is -0.545. The number of aromatic nitrogens is 3. The average Bonchev–Trinajstić information content (AvgIpc) is 3.26. The van der Waals surface area contributed by atoms with E-state index in [-0.39, 0.29) is 0 Å². The molecule has 0 fully saturated rings. The first kappa shape index (κ1) is 16.6. The van der Waals surface area contributed by atoms with Crippen molar-refractivity contribution in [3.05, 3.63) is 66.4 Å². The topological polar surface area (TPSA) is 42.8 Å².